The molecule has 0 aliphatic rings. The van der Waals surface area contributed by atoms with E-state index in [4.69, 9.17) is 4.42 Å². The van der Waals surface area contributed by atoms with Gasteiger partial charge in [-0.05, 0) is 42.5 Å². The first kappa shape index (κ1) is 16.3. The van der Waals surface area contributed by atoms with Gasteiger partial charge >= 0.3 is 0 Å². The predicted molar refractivity (Wildman–Crippen MR) is 85.8 cm³/mol. The number of carbonyl (C=O) groups excluding carboxylic acids is 2. The van der Waals surface area contributed by atoms with Gasteiger partial charge in [-0.15, -0.1) is 11.3 Å². The Morgan fingerprint density at radius 3 is 2.82 bits per heavy atom. The van der Waals surface area contributed by atoms with Crippen LogP contribution in [0.25, 0.3) is 0 Å². The highest BCUT2D eigenvalue weighted by atomic mass is 32.1. The van der Waals surface area contributed by atoms with Crippen LogP contribution in [-0.4, -0.2) is 30.3 Å². The highest BCUT2D eigenvalue weighted by Crippen LogP contribution is 2.17. The van der Waals surface area contributed by atoms with Crippen LogP contribution in [0.2, 0.25) is 0 Å². The minimum absolute atomic E-state index is 0.0834. The lowest BCUT2D eigenvalue weighted by atomic mass is 10.2. The van der Waals surface area contributed by atoms with Gasteiger partial charge in [-0.2, -0.15) is 0 Å². The van der Waals surface area contributed by atoms with Crippen molar-refractivity contribution in [1.82, 2.24) is 10.2 Å². The Morgan fingerprint density at radius 1 is 1.36 bits per heavy atom. The number of rotatable bonds is 7. The smallest absolute Gasteiger partial charge is 0.286 e. The van der Waals surface area contributed by atoms with Gasteiger partial charge in [0.25, 0.3) is 5.91 Å². The summed E-state index contributed by atoms with van der Waals surface area (Å²) >= 11 is 1.66. The van der Waals surface area contributed by atoms with Crippen LogP contribution in [0.15, 0.2) is 34.3 Å². The lowest BCUT2D eigenvalue weighted by Gasteiger charge is -2.17. The van der Waals surface area contributed by atoms with Gasteiger partial charge in [-0.25, -0.2) is 0 Å². The summed E-state index contributed by atoms with van der Waals surface area (Å²) in [6, 6.07) is 5.33. The van der Waals surface area contributed by atoms with E-state index in [9.17, 15) is 9.59 Å². The molecule has 0 aliphatic heterocycles. The van der Waals surface area contributed by atoms with Gasteiger partial charge in [0.2, 0.25) is 5.91 Å². The number of carbonyl (C=O) groups is 2. The number of thiophene rings is 1. The van der Waals surface area contributed by atoms with E-state index in [1.807, 2.05) is 19.4 Å². The normalized spacial score (nSPS) is 10.5. The summed E-state index contributed by atoms with van der Waals surface area (Å²) in [5.41, 5.74) is 1.22. The van der Waals surface area contributed by atoms with Crippen molar-refractivity contribution in [3.63, 3.8) is 0 Å². The monoisotopic (exact) mass is 320 g/mol. The summed E-state index contributed by atoms with van der Waals surface area (Å²) in [6.07, 6.45) is 2.48. The molecule has 22 heavy (non-hydrogen) atoms. The molecule has 0 unspecified atom stereocenters. The van der Waals surface area contributed by atoms with Gasteiger partial charge in [0.15, 0.2) is 5.76 Å². The average molecular weight is 320 g/mol. The minimum Gasteiger partial charge on any atom is -0.459 e. The molecule has 0 spiro atoms. The summed E-state index contributed by atoms with van der Waals surface area (Å²) < 4.78 is 5.00. The Morgan fingerprint density at radius 2 is 2.18 bits per heavy atom. The van der Waals surface area contributed by atoms with E-state index in [1.54, 1.807) is 28.4 Å². The molecule has 2 rings (SSSR count). The van der Waals surface area contributed by atoms with Crippen molar-refractivity contribution in [3.05, 3.63) is 46.0 Å². The molecule has 0 saturated carbocycles. The van der Waals surface area contributed by atoms with E-state index in [1.165, 1.54) is 16.7 Å². The number of furan rings is 1. The maximum atomic E-state index is 12.1. The predicted octanol–water partition coefficient (Wildman–Crippen LogP) is 2.82. The molecule has 2 aromatic rings. The largest absolute Gasteiger partial charge is 0.459 e. The summed E-state index contributed by atoms with van der Waals surface area (Å²) in [5, 5.41) is 4.77. The molecule has 0 aliphatic carbocycles. The molecule has 1 N–H and O–H groups in total. The molecule has 2 amide bonds. The molecule has 5 nitrogen and oxygen atoms in total. The van der Waals surface area contributed by atoms with Crippen LogP contribution in [0.5, 0.6) is 0 Å². The fraction of sp³-hybridized carbons (Fsp3) is 0.375. The van der Waals surface area contributed by atoms with Crippen LogP contribution in [0.3, 0.4) is 0 Å². The second-order valence-electron chi connectivity index (χ2n) is 5.11. The van der Waals surface area contributed by atoms with Gasteiger partial charge < -0.3 is 14.6 Å². The van der Waals surface area contributed by atoms with Crippen molar-refractivity contribution in [1.29, 1.82) is 0 Å². The lowest BCUT2D eigenvalue weighted by molar-refractivity contribution is -0.130. The topological polar surface area (TPSA) is 62.6 Å². The standard InChI is InChI=1S/C16H20N2O3S/c1-12-7-10-22-14(12)11-18(2)15(19)6-3-8-17-16(20)13-5-4-9-21-13/h4-5,7,9-10H,3,6,8,11H2,1-2H3,(H,17,20). The van der Waals surface area contributed by atoms with Crippen LogP contribution in [0.4, 0.5) is 0 Å². The Labute approximate surface area is 133 Å². The highest BCUT2D eigenvalue weighted by Gasteiger charge is 2.12. The number of aryl methyl sites for hydroxylation is 1. The van der Waals surface area contributed by atoms with Crippen molar-refractivity contribution >= 4 is 23.2 Å². The van der Waals surface area contributed by atoms with Crippen molar-refractivity contribution in [2.45, 2.75) is 26.3 Å². The summed E-state index contributed by atoms with van der Waals surface area (Å²) in [7, 11) is 1.81. The van der Waals surface area contributed by atoms with Crippen molar-refractivity contribution < 1.29 is 14.0 Å². The fourth-order valence-corrected chi connectivity index (χ4v) is 2.96. The van der Waals surface area contributed by atoms with E-state index in [0.717, 1.165) is 0 Å². The Kier molecular flexibility index (Phi) is 5.77. The number of amides is 2. The maximum absolute atomic E-state index is 12.1. The first-order chi connectivity index (χ1) is 10.6. The summed E-state index contributed by atoms with van der Waals surface area (Å²) in [5.74, 6) is 0.122. The lowest BCUT2D eigenvalue weighted by Crippen LogP contribution is -2.28. The molecule has 6 heteroatoms. The van der Waals surface area contributed by atoms with Gasteiger partial charge in [0.05, 0.1) is 12.8 Å². The molecule has 2 aromatic heterocycles. The zero-order valence-electron chi connectivity index (χ0n) is 12.8. The molecule has 2 heterocycles. The molecule has 118 valence electrons. The zero-order chi connectivity index (χ0) is 15.9. The van der Waals surface area contributed by atoms with E-state index in [-0.39, 0.29) is 17.6 Å². The highest BCUT2D eigenvalue weighted by molar-refractivity contribution is 7.10. The summed E-state index contributed by atoms with van der Waals surface area (Å²) in [4.78, 5) is 26.6. The SMILES string of the molecule is Cc1ccsc1CN(C)C(=O)CCCNC(=O)c1ccco1. The summed E-state index contributed by atoms with van der Waals surface area (Å²) in [6.45, 7) is 3.15. The van der Waals surface area contributed by atoms with Gasteiger partial charge in [-0.3, -0.25) is 9.59 Å². The third kappa shape index (κ3) is 4.46. The van der Waals surface area contributed by atoms with Crippen molar-refractivity contribution in [3.8, 4) is 0 Å². The first-order valence-electron chi connectivity index (χ1n) is 7.16. The first-order valence-corrected chi connectivity index (χ1v) is 8.04. The number of nitrogens with zero attached hydrogens (tertiary/aromatic N) is 1. The van der Waals surface area contributed by atoms with Crippen LogP contribution < -0.4 is 5.32 Å². The van der Waals surface area contributed by atoms with Crippen LogP contribution in [0, 0.1) is 6.92 Å². The number of nitrogens with one attached hydrogen (secondary N) is 1. The van der Waals surface area contributed by atoms with Gasteiger partial charge in [0.1, 0.15) is 0 Å². The van der Waals surface area contributed by atoms with Crippen LogP contribution >= 0.6 is 11.3 Å². The fourth-order valence-electron chi connectivity index (χ4n) is 2.00. The van der Waals surface area contributed by atoms with E-state index < -0.39 is 0 Å². The quantitative estimate of drug-likeness (QED) is 0.798. The third-order valence-electron chi connectivity index (χ3n) is 3.37. The Hall–Kier alpha value is -2.08. The molecular weight excluding hydrogens is 300 g/mol. The van der Waals surface area contributed by atoms with Crippen LogP contribution in [-0.2, 0) is 11.3 Å². The molecule has 0 atom stereocenters. The van der Waals surface area contributed by atoms with Gasteiger partial charge in [0, 0.05) is 24.9 Å². The molecule has 0 fully saturated rings. The molecule has 0 bridgehead atoms. The van der Waals surface area contributed by atoms with Gasteiger partial charge in [-0.1, -0.05) is 0 Å². The molecule has 0 radical (unpaired) electrons. The molecule has 0 saturated heterocycles. The Bertz CT molecular complexity index is 619. The second-order valence-corrected chi connectivity index (χ2v) is 6.11. The molecule has 0 aromatic carbocycles. The number of hydrogen-bond acceptors (Lipinski definition) is 4. The van der Waals surface area contributed by atoms with Crippen molar-refractivity contribution in [2.24, 2.45) is 0 Å². The van der Waals surface area contributed by atoms with E-state index in [2.05, 4.69) is 11.4 Å². The van der Waals surface area contributed by atoms with E-state index in [0.29, 0.717) is 25.9 Å². The third-order valence-corrected chi connectivity index (χ3v) is 4.38. The second kappa shape index (κ2) is 7.79. The van der Waals surface area contributed by atoms with E-state index >= 15 is 0 Å². The van der Waals surface area contributed by atoms with Crippen LogP contribution in [0.1, 0.15) is 33.8 Å². The molecular formula is C16H20N2O3S. The number of hydrogen-bond donors (Lipinski definition) is 1. The van der Waals surface area contributed by atoms with Crippen molar-refractivity contribution in [2.75, 3.05) is 13.6 Å². The maximum Gasteiger partial charge on any atom is 0.286 e. The minimum atomic E-state index is -0.250. The average Bonchev–Trinajstić information content (AvgIpc) is 3.15. The Balaban J connectivity index is 1.67. The zero-order valence-corrected chi connectivity index (χ0v) is 13.6.